The fourth-order valence-corrected chi connectivity index (χ4v) is 4.80. The summed E-state index contributed by atoms with van der Waals surface area (Å²) in [5, 5.41) is 4.00. The molecule has 21 heavy (non-hydrogen) atoms. The lowest BCUT2D eigenvalue weighted by Crippen LogP contribution is -2.31. The Morgan fingerprint density at radius 3 is 2.38 bits per heavy atom. The number of sulfone groups is 1. The Morgan fingerprint density at radius 2 is 1.86 bits per heavy atom. The van der Waals surface area contributed by atoms with Crippen LogP contribution in [0.4, 0.5) is 0 Å². The molecule has 0 radical (unpaired) electrons. The predicted molar refractivity (Wildman–Crippen MR) is 93.7 cm³/mol. The molecule has 1 rings (SSSR count). The van der Waals surface area contributed by atoms with Crippen molar-refractivity contribution in [3.63, 3.8) is 0 Å². The van der Waals surface area contributed by atoms with Crippen molar-refractivity contribution < 1.29 is 8.42 Å². The number of benzene rings is 1. The third-order valence-electron chi connectivity index (χ3n) is 3.33. The van der Waals surface area contributed by atoms with Gasteiger partial charge in [0, 0.05) is 23.3 Å². The average molecular weight is 330 g/mol. The van der Waals surface area contributed by atoms with Crippen LogP contribution in [0.2, 0.25) is 0 Å². The van der Waals surface area contributed by atoms with E-state index in [9.17, 15) is 8.42 Å². The van der Waals surface area contributed by atoms with Crippen LogP contribution in [-0.2, 0) is 9.84 Å². The molecule has 0 amide bonds. The fourth-order valence-electron chi connectivity index (χ4n) is 2.22. The summed E-state index contributed by atoms with van der Waals surface area (Å²) in [5.41, 5.74) is 1.28. The molecule has 0 saturated carbocycles. The lowest BCUT2D eigenvalue weighted by atomic mass is 10.0. The van der Waals surface area contributed by atoms with Crippen molar-refractivity contribution in [2.24, 2.45) is 0 Å². The van der Waals surface area contributed by atoms with Gasteiger partial charge in [-0.15, -0.1) is 0 Å². The van der Waals surface area contributed by atoms with E-state index >= 15 is 0 Å². The number of thioether (sulfide) groups is 1. The molecule has 2 atom stereocenters. The Labute approximate surface area is 133 Å². The van der Waals surface area contributed by atoms with Crippen molar-refractivity contribution in [3.8, 4) is 0 Å². The second-order valence-electron chi connectivity index (χ2n) is 5.29. The van der Waals surface area contributed by atoms with Crippen LogP contribution in [0.15, 0.2) is 30.3 Å². The van der Waals surface area contributed by atoms with E-state index in [2.05, 4.69) is 43.4 Å². The highest BCUT2D eigenvalue weighted by Gasteiger charge is 2.21. The van der Waals surface area contributed by atoms with Crippen molar-refractivity contribution in [1.82, 2.24) is 5.32 Å². The summed E-state index contributed by atoms with van der Waals surface area (Å²) in [5.74, 6) is 0.915. The summed E-state index contributed by atoms with van der Waals surface area (Å²) in [6.45, 7) is 5.30. The molecular weight excluding hydrogens is 302 g/mol. The molecule has 0 aromatic heterocycles. The van der Waals surface area contributed by atoms with Crippen molar-refractivity contribution in [3.05, 3.63) is 35.9 Å². The summed E-state index contributed by atoms with van der Waals surface area (Å²) in [7, 11) is -2.88. The van der Waals surface area contributed by atoms with E-state index in [1.54, 1.807) is 11.8 Å². The van der Waals surface area contributed by atoms with Gasteiger partial charge < -0.3 is 5.32 Å². The van der Waals surface area contributed by atoms with Crippen LogP contribution >= 0.6 is 11.8 Å². The van der Waals surface area contributed by atoms with Crippen LogP contribution in [-0.4, -0.2) is 38.0 Å². The quantitative estimate of drug-likeness (QED) is 0.715. The molecule has 0 bridgehead atoms. The highest BCUT2D eigenvalue weighted by Crippen LogP contribution is 2.29. The van der Waals surface area contributed by atoms with E-state index in [-0.39, 0.29) is 11.8 Å². The van der Waals surface area contributed by atoms with Crippen LogP contribution in [0.5, 0.6) is 0 Å². The summed E-state index contributed by atoms with van der Waals surface area (Å²) in [4.78, 5) is 0. The number of hydrogen-bond donors (Lipinski definition) is 1. The number of nitrogens with one attached hydrogen (secondary N) is 1. The van der Waals surface area contributed by atoms with Gasteiger partial charge in [-0.25, -0.2) is 8.42 Å². The van der Waals surface area contributed by atoms with Crippen molar-refractivity contribution in [1.29, 1.82) is 0 Å². The van der Waals surface area contributed by atoms with E-state index in [0.717, 1.165) is 19.4 Å². The Kier molecular flexibility index (Phi) is 8.37. The molecule has 1 N–H and O–H groups in total. The molecule has 0 aliphatic rings. The van der Waals surface area contributed by atoms with Crippen LogP contribution in [0, 0.1) is 0 Å². The lowest BCUT2D eigenvalue weighted by Gasteiger charge is -2.27. The largest absolute Gasteiger partial charge is 0.309 e. The summed E-state index contributed by atoms with van der Waals surface area (Å²) in [6.07, 6.45) is 3.41. The fraction of sp³-hybridized carbons (Fsp3) is 0.625. The van der Waals surface area contributed by atoms with E-state index in [4.69, 9.17) is 0 Å². The van der Waals surface area contributed by atoms with Gasteiger partial charge >= 0.3 is 0 Å². The van der Waals surface area contributed by atoms with Crippen LogP contribution in [0.1, 0.15) is 38.3 Å². The topological polar surface area (TPSA) is 46.2 Å². The number of rotatable bonds is 10. The SMILES string of the molecule is CCCNC(c1ccccc1)C(CC)SCCS(C)(=O)=O. The van der Waals surface area contributed by atoms with E-state index in [0.29, 0.717) is 11.0 Å². The van der Waals surface area contributed by atoms with Gasteiger partial charge in [0.1, 0.15) is 9.84 Å². The number of hydrogen-bond acceptors (Lipinski definition) is 4. The van der Waals surface area contributed by atoms with E-state index in [1.807, 2.05) is 6.07 Å². The van der Waals surface area contributed by atoms with Crippen molar-refractivity contribution in [2.45, 2.75) is 38.0 Å². The third kappa shape index (κ3) is 7.34. The maximum Gasteiger partial charge on any atom is 0.148 e. The van der Waals surface area contributed by atoms with E-state index < -0.39 is 9.84 Å². The minimum atomic E-state index is -2.88. The minimum Gasteiger partial charge on any atom is -0.309 e. The van der Waals surface area contributed by atoms with Crippen LogP contribution < -0.4 is 5.32 Å². The molecule has 1 aromatic carbocycles. The van der Waals surface area contributed by atoms with Gasteiger partial charge in [-0.1, -0.05) is 44.2 Å². The maximum absolute atomic E-state index is 11.3. The van der Waals surface area contributed by atoms with E-state index in [1.165, 1.54) is 11.8 Å². The molecule has 0 heterocycles. The summed E-state index contributed by atoms with van der Waals surface area (Å²) in [6, 6.07) is 10.7. The van der Waals surface area contributed by atoms with Crippen LogP contribution in [0.3, 0.4) is 0 Å². The molecule has 0 aliphatic heterocycles. The van der Waals surface area contributed by atoms with Crippen LogP contribution in [0.25, 0.3) is 0 Å². The molecule has 120 valence electrons. The zero-order valence-electron chi connectivity index (χ0n) is 13.2. The van der Waals surface area contributed by atoms with Gasteiger partial charge in [0.2, 0.25) is 0 Å². The first kappa shape index (κ1) is 18.5. The molecule has 1 aromatic rings. The van der Waals surface area contributed by atoms with Gasteiger partial charge in [0.25, 0.3) is 0 Å². The average Bonchev–Trinajstić information content (AvgIpc) is 2.45. The van der Waals surface area contributed by atoms with Gasteiger partial charge in [-0.3, -0.25) is 0 Å². The first-order valence-corrected chi connectivity index (χ1v) is 10.7. The molecule has 2 unspecified atom stereocenters. The lowest BCUT2D eigenvalue weighted by molar-refractivity contribution is 0.505. The molecule has 3 nitrogen and oxygen atoms in total. The Morgan fingerprint density at radius 1 is 1.19 bits per heavy atom. The summed E-state index contributed by atoms with van der Waals surface area (Å²) < 4.78 is 22.6. The maximum atomic E-state index is 11.3. The first-order valence-electron chi connectivity index (χ1n) is 7.55. The highest BCUT2D eigenvalue weighted by molar-refractivity contribution is 8.01. The van der Waals surface area contributed by atoms with Gasteiger partial charge in [0.05, 0.1) is 5.75 Å². The van der Waals surface area contributed by atoms with Gasteiger partial charge in [-0.05, 0) is 24.9 Å². The second-order valence-corrected chi connectivity index (χ2v) is 8.90. The smallest absolute Gasteiger partial charge is 0.148 e. The molecule has 5 heteroatoms. The van der Waals surface area contributed by atoms with Crippen molar-refractivity contribution in [2.75, 3.05) is 24.3 Å². The minimum absolute atomic E-state index is 0.253. The molecule has 0 aliphatic carbocycles. The molecule has 0 spiro atoms. The molecular formula is C16H27NO2S2. The standard InChI is InChI=1S/C16H27NO2S2/c1-4-11-17-16(14-9-7-6-8-10-14)15(5-2)20-12-13-21(3,18)19/h6-10,15-17H,4-5,11-13H2,1-3H3. The predicted octanol–water partition coefficient (Wildman–Crippen LogP) is 3.28. The van der Waals surface area contributed by atoms with Gasteiger partial charge in [0.15, 0.2) is 0 Å². The zero-order valence-corrected chi connectivity index (χ0v) is 14.8. The second kappa shape index (κ2) is 9.49. The third-order valence-corrected chi connectivity index (χ3v) is 6.01. The zero-order chi connectivity index (χ0) is 15.7. The highest BCUT2D eigenvalue weighted by atomic mass is 32.2. The Bertz CT molecular complexity index is 488. The van der Waals surface area contributed by atoms with Crippen molar-refractivity contribution >= 4 is 21.6 Å². The Hall–Kier alpha value is -0.520. The first-order chi connectivity index (χ1) is 9.98. The molecule has 0 saturated heterocycles. The monoisotopic (exact) mass is 329 g/mol. The van der Waals surface area contributed by atoms with Gasteiger partial charge in [-0.2, -0.15) is 11.8 Å². The normalized spacial score (nSPS) is 14.8. The molecule has 0 fully saturated rings. The Balaban J connectivity index is 2.74. The summed E-state index contributed by atoms with van der Waals surface area (Å²) >= 11 is 1.76.